The van der Waals surface area contributed by atoms with Gasteiger partial charge in [-0.2, -0.15) is 8.78 Å². The first-order valence-electron chi connectivity index (χ1n) is 6.68. The minimum atomic E-state index is -2.63. The monoisotopic (exact) mass is 357 g/mol. The Morgan fingerprint density at radius 3 is 2.74 bits per heavy atom. The van der Waals surface area contributed by atoms with Gasteiger partial charge in [-0.3, -0.25) is 4.79 Å². The number of carbonyl (C=O) groups excluding carboxylic acids is 1. The van der Waals surface area contributed by atoms with Gasteiger partial charge in [-0.15, -0.1) is 0 Å². The summed E-state index contributed by atoms with van der Waals surface area (Å²) in [5, 5.41) is 2.70. The topological polar surface area (TPSA) is 38.3 Å². The summed E-state index contributed by atoms with van der Waals surface area (Å²) < 4.78 is 30.6. The molecule has 0 aliphatic heterocycles. The predicted molar refractivity (Wildman–Crippen MR) is 88.6 cm³/mol. The van der Waals surface area contributed by atoms with Gasteiger partial charge in [0, 0.05) is 0 Å². The van der Waals surface area contributed by atoms with Gasteiger partial charge in [0.15, 0.2) is 6.61 Å². The van der Waals surface area contributed by atoms with Gasteiger partial charge < -0.3 is 10.1 Å². The van der Waals surface area contributed by atoms with Gasteiger partial charge in [0.25, 0.3) is 11.7 Å². The molecule has 0 heterocycles. The van der Waals surface area contributed by atoms with Gasteiger partial charge in [0.1, 0.15) is 5.75 Å². The van der Waals surface area contributed by atoms with Gasteiger partial charge in [-0.25, -0.2) is 0 Å². The van der Waals surface area contributed by atoms with E-state index in [1.165, 1.54) is 12.1 Å². The molecule has 122 valence electrons. The van der Waals surface area contributed by atoms with Crippen molar-refractivity contribution in [1.29, 1.82) is 0 Å². The number of thioether (sulfide) groups is 1. The maximum Gasteiger partial charge on any atom is 0.289 e. The summed E-state index contributed by atoms with van der Waals surface area (Å²) in [5.41, 5.74) is 1.24. The first-order valence-corrected chi connectivity index (χ1v) is 7.94. The molecule has 0 saturated carbocycles. The molecule has 1 N–H and O–H groups in total. The number of alkyl halides is 2. The average molecular weight is 358 g/mol. The first kappa shape index (κ1) is 17.6. The van der Waals surface area contributed by atoms with E-state index in [0.29, 0.717) is 5.75 Å². The fourth-order valence-corrected chi connectivity index (χ4v) is 2.77. The average Bonchev–Trinajstić information content (AvgIpc) is 2.48. The molecule has 0 aliphatic carbocycles. The highest BCUT2D eigenvalue weighted by Crippen LogP contribution is 2.37. The number of amides is 1. The predicted octanol–water partition coefficient (Wildman–Crippen LogP) is 4.98. The fourth-order valence-electron chi connectivity index (χ4n) is 1.86. The van der Waals surface area contributed by atoms with Crippen LogP contribution in [0.25, 0.3) is 0 Å². The number of ether oxygens (including phenoxy) is 1. The maximum atomic E-state index is 12.6. The molecule has 2 aromatic rings. The zero-order chi connectivity index (χ0) is 16.8. The number of hydrogen-bond donors (Lipinski definition) is 1. The van der Waals surface area contributed by atoms with Crippen LogP contribution in [0.1, 0.15) is 5.56 Å². The molecule has 0 aliphatic rings. The second-order valence-electron chi connectivity index (χ2n) is 4.65. The summed E-state index contributed by atoms with van der Waals surface area (Å²) in [4.78, 5) is 12.1. The van der Waals surface area contributed by atoms with Crippen molar-refractivity contribution in [2.24, 2.45) is 0 Å². The molecule has 1 amide bonds. The van der Waals surface area contributed by atoms with Crippen molar-refractivity contribution in [2.75, 3.05) is 11.9 Å². The molecule has 0 spiro atoms. The highest BCUT2D eigenvalue weighted by Gasteiger charge is 2.15. The quantitative estimate of drug-likeness (QED) is 0.741. The van der Waals surface area contributed by atoms with Crippen molar-refractivity contribution >= 4 is 35.0 Å². The summed E-state index contributed by atoms with van der Waals surface area (Å²) in [5.74, 6) is -2.52. The molecule has 0 fully saturated rings. The van der Waals surface area contributed by atoms with Crippen LogP contribution in [-0.2, 0) is 4.79 Å². The van der Waals surface area contributed by atoms with E-state index in [4.69, 9.17) is 16.3 Å². The molecule has 0 unspecified atom stereocenters. The summed E-state index contributed by atoms with van der Waals surface area (Å²) >= 11 is 6.20. The van der Waals surface area contributed by atoms with E-state index in [-0.39, 0.29) is 34.0 Å². The molecule has 0 atom stereocenters. The molecule has 2 rings (SSSR count). The Labute approximate surface area is 142 Å². The van der Waals surface area contributed by atoms with Crippen LogP contribution >= 0.6 is 23.4 Å². The molecule has 3 nitrogen and oxygen atoms in total. The zero-order valence-electron chi connectivity index (χ0n) is 12.2. The summed E-state index contributed by atoms with van der Waals surface area (Å²) in [6.45, 7) is 1.68. The highest BCUT2D eigenvalue weighted by molar-refractivity contribution is 7.99. The van der Waals surface area contributed by atoms with Crippen molar-refractivity contribution in [1.82, 2.24) is 0 Å². The second-order valence-corrected chi connectivity index (χ2v) is 6.06. The Hall–Kier alpha value is -1.79. The van der Waals surface area contributed by atoms with E-state index in [2.05, 4.69) is 5.32 Å². The summed E-state index contributed by atoms with van der Waals surface area (Å²) in [7, 11) is 0. The summed E-state index contributed by atoms with van der Waals surface area (Å²) in [6.07, 6.45) is 0. The van der Waals surface area contributed by atoms with E-state index in [1.54, 1.807) is 18.2 Å². The standard InChI is InChI=1S/C16H14ClF2NO2S/c1-10-4-2-5-11(8-10)22-9-14(21)20-13-7-3-6-12(17)15(13)23-16(18)19/h2-8,16H,9H2,1H3,(H,20,21). The minimum absolute atomic E-state index is 0.132. The Bertz CT molecular complexity index is 698. The molecule has 0 aromatic heterocycles. The van der Waals surface area contributed by atoms with Gasteiger partial charge in [-0.1, -0.05) is 41.6 Å². The van der Waals surface area contributed by atoms with Crippen LogP contribution in [0.4, 0.5) is 14.5 Å². The SMILES string of the molecule is Cc1cccc(OCC(=O)Nc2cccc(Cl)c2SC(F)F)c1. The number of nitrogens with one attached hydrogen (secondary N) is 1. The number of rotatable bonds is 6. The van der Waals surface area contributed by atoms with Crippen LogP contribution in [0.5, 0.6) is 5.75 Å². The Kier molecular flexibility index (Phi) is 6.24. The van der Waals surface area contributed by atoms with E-state index in [1.807, 2.05) is 19.1 Å². The van der Waals surface area contributed by atoms with Crippen LogP contribution in [0.15, 0.2) is 47.4 Å². The smallest absolute Gasteiger partial charge is 0.289 e. The van der Waals surface area contributed by atoms with E-state index in [9.17, 15) is 13.6 Å². The normalized spacial score (nSPS) is 10.7. The van der Waals surface area contributed by atoms with E-state index in [0.717, 1.165) is 5.56 Å². The van der Waals surface area contributed by atoms with E-state index < -0.39 is 11.7 Å². The molecular formula is C16H14ClF2NO2S. The van der Waals surface area contributed by atoms with Gasteiger partial charge in [0.05, 0.1) is 15.6 Å². The van der Waals surface area contributed by atoms with Crippen LogP contribution in [0, 0.1) is 6.92 Å². The van der Waals surface area contributed by atoms with Crippen LogP contribution in [-0.4, -0.2) is 18.3 Å². The maximum absolute atomic E-state index is 12.6. The van der Waals surface area contributed by atoms with Crippen LogP contribution in [0.2, 0.25) is 5.02 Å². The zero-order valence-corrected chi connectivity index (χ0v) is 13.8. The lowest BCUT2D eigenvalue weighted by Gasteiger charge is -2.12. The van der Waals surface area contributed by atoms with Crippen molar-refractivity contribution in [2.45, 2.75) is 17.6 Å². The van der Waals surface area contributed by atoms with Crippen molar-refractivity contribution < 1.29 is 18.3 Å². The molecule has 23 heavy (non-hydrogen) atoms. The van der Waals surface area contributed by atoms with Crippen LogP contribution < -0.4 is 10.1 Å². The third-order valence-corrected chi connectivity index (χ3v) is 4.09. The van der Waals surface area contributed by atoms with Crippen LogP contribution in [0.3, 0.4) is 0 Å². The summed E-state index contributed by atoms with van der Waals surface area (Å²) in [6, 6.07) is 11.8. The number of aryl methyl sites for hydroxylation is 1. The van der Waals surface area contributed by atoms with Crippen molar-refractivity contribution in [3.63, 3.8) is 0 Å². The number of halogens is 3. The number of hydrogen-bond acceptors (Lipinski definition) is 3. The van der Waals surface area contributed by atoms with Gasteiger partial charge >= 0.3 is 0 Å². The third kappa shape index (κ3) is 5.41. The molecule has 7 heteroatoms. The van der Waals surface area contributed by atoms with Crippen molar-refractivity contribution in [3.8, 4) is 5.75 Å². The lowest BCUT2D eigenvalue weighted by Crippen LogP contribution is -2.20. The lowest BCUT2D eigenvalue weighted by atomic mass is 10.2. The van der Waals surface area contributed by atoms with Gasteiger partial charge in [-0.05, 0) is 36.8 Å². The second kappa shape index (κ2) is 8.17. The number of benzene rings is 2. The molecule has 0 radical (unpaired) electrons. The van der Waals surface area contributed by atoms with Gasteiger partial charge in [0.2, 0.25) is 0 Å². The fraction of sp³-hybridized carbons (Fsp3) is 0.188. The largest absolute Gasteiger partial charge is 0.484 e. The lowest BCUT2D eigenvalue weighted by molar-refractivity contribution is -0.118. The highest BCUT2D eigenvalue weighted by atomic mass is 35.5. The molecule has 2 aromatic carbocycles. The third-order valence-electron chi connectivity index (χ3n) is 2.81. The van der Waals surface area contributed by atoms with E-state index >= 15 is 0 Å². The molecule has 0 bridgehead atoms. The Morgan fingerprint density at radius 2 is 2.04 bits per heavy atom. The number of carbonyl (C=O) groups is 1. The molecular weight excluding hydrogens is 344 g/mol. The Balaban J connectivity index is 2.01. The molecule has 0 saturated heterocycles. The van der Waals surface area contributed by atoms with Crippen molar-refractivity contribution in [3.05, 3.63) is 53.1 Å². The number of anilines is 1. The Morgan fingerprint density at radius 1 is 1.30 bits per heavy atom. The first-order chi connectivity index (χ1) is 11.0. The minimum Gasteiger partial charge on any atom is -0.484 e.